The molecule has 0 saturated carbocycles. The number of ether oxygens (including phenoxy) is 1. The molecule has 2 N–H and O–H groups in total. The summed E-state index contributed by atoms with van der Waals surface area (Å²) in [5.74, 6) is 2.61. The van der Waals surface area contributed by atoms with Crippen LogP contribution in [0, 0.1) is 6.92 Å². The number of hydrogen-bond acceptors (Lipinski definition) is 5. The van der Waals surface area contributed by atoms with Crippen molar-refractivity contribution >= 4 is 11.8 Å². The Morgan fingerprint density at radius 3 is 2.62 bits per heavy atom. The van der Waals surface area contributed by atoms with Gasteiger partial charge in [0, 0.05) is 12.2 Å². The SMILES string of the molecule is COc1cccc(CSc2nnc(CCN)n2Cc2ccc(C)cc2)c1. The Bertz CT molecular complexity index is 845. The quantitative estimate of drug-likeness (QED) is 0.617. The van der Waals surface area contributed by atoms with Crippen molar-refractivity contribution in [2.75, 3.05) is 13.7 Å². The van der Waals surface area contributed by atoms with Crippen LogP contribution in [0.2, 0.25) is 0 Å². The van der Waals surface area contributed by atoms with Crippen LogP contribution >= 0.6 is 11.8 Å². The molecule has 6 heteroatoms. The van der Waals surface area contributed by atoms with Gasteiger partial charge in [0.1, 0.15) is 11.6 Å². The average Bonchev–Trinajstić information content (AvgIpc) is 3.04. The predicted molar refractivity (Wildman–Crippen MR) is 106 cm³/mol. The first-order valence-electron chi connectivity index (χ1n) is 8.63. The van der Waals surface area contributed by atoms with E-state index in [0.29, 0.717) is 6.54 Å². The second-order valence-electron chi connectivity index (χ2n) is 6.15. The zero-order valence-electron chi connectivity index (χ0n) is 15.2. The maximum Gasteiger partial charge on any atom is 0.191 e. The van der Waals surface area contributed by atoms with Crippen molar-refractivity contribution in [1.82, 2.24) is 14.8 Å². The van der Waals surface area contributed by atoms with Gasteiger partial charge < -0.3 is 15.0 Å². The van der Waals surface area contributed by atoms with E-state index in [9.17, 15) is 0 Å². The Morgan fingerprint density at radius 2 is 1.88 bits per heavy atom. The van der Waals surface area contributed by atoms with Crippen molar-refractivity contribution in [3.05, 3.63) is 71.0 Å². The average molecular weight is 369 g/mol. The first kappa shape index (κ1) is 18.5. The normalized spacial score (nSPS) is 10.9. The minimum absolute atomic E-state index is 0.562. The number of hydrogen-bond donors (Lipinski definition) is 1. The summed E-state index contributed by atoms with van der Waals surface area (Å²) >= 11 is 1.68. The second kappa shape index (κ2) is 8.87. The van der Waals surface area contributed by atoms with Crippen LogP contribution in [0.3, 0.4) is 0 Å². The van der Waals surface area contributed by atoms with E-state index in [0.717, 1.165) is 35.4 Å². The molecule has 0 amide bonds. The topological polar surface area (TPSA) is 66.0 Å². The minimum Gasteiger partial charge on any atom is -0.497 e. The molecule has 0 aliphatic rings. The van der Waals surface area contributed by atoms with Gasteiger partial charge >= 0.3 is 0 Å². The van der Waals surface area contributed by atoms with Gasteiger partial charge in [0.2, 0.25) is 0 Å². The molecule has 3 aromatic rings. The third-order valence-corrected chi connectivity index (χ3v) is 5.16. The van der Waals surface area contributed by atoms with E-state index < -0.39 is 0 Å². The highest BCUT2D eigenvalue weighted by Crippen LogP contribution is 2.25. The van der Waals surface area contributed by atoms with Gasteiger partial charge in [-0.1, -0.05) is 53.7 Å². The van der Waals surface area contributed by atoms with Gasteiger partial charge in [0.25, 0.3) is 0 Å². The number of thioether (sulfide) groups is 1. The summed E-state index contributed by atoms with van der Waals surface area (Å²) in [6, 6.07) is 16.7. The summed E-state index contributed by atoms with van der Waals surface area (Å²) in [5, 5.41) is 9.66. The number of nitrogens with zero attached hydrogens (tertiary/aromatic N) is 3. The van der Waals surface area contributed by atoms with Crippen LogP contribution in [0.15, 0.2) is 53.7 Å². The first-order chi connectivity index (χ1) is 12.7. The highest BCUT2D eigenvalue weighted by molar-refractivity contribution is 7.98. The third-order valence-electron chi connectivity index (χ3n) is 4.12. The van der Waals surface area contributed by atoms with E-state index in [2.05, 4.69) is 58.1 Å². The largest absolute Gasteiger partial charge is 0.497 e. The maximum atomic E-state index is 5.75. The lowest BCUT2D eigenvalue weighted by Gasteiger charge is -2.10. The summed E-state index contributed by atoms with van der Waals surface area (Å²) < 4.78 is 7.47. The number of benzene rings is 2. The fourth-order valence-corrected chi connectivity index (χ4v) is 3.58. The van der Waals surface area contributed by atoms with Gasteiger partial charge in [-0.05, 0) is 36.7 Å². The summed E-state index contributed by atoms with van der Waals surface area (Å²) in [6.07, 6.45) is 0.721. The first-order valence-corrected chi connectivity index (χ1v) is 9.61. The lowest BCUT2D eigenvalue weighted by Crippen LogP contribution is -2.11. The van der Waals surface area contributed by atoms with Crippen LogP contribution in [0.4, 0.5) is 0 Å². The molecule has 0 aliphatic carbocycles. The van der Waals surface area contributed by atoms with E-state index in [-0.39, 0.29) is 0 Å². The van der Waals surface area contributed by atoms with Gasteiger partial charge in [-0.2, -0.15) is 0 Å². The molecule has 3 rings (SSSR count). The van der Waals surface area contributed by atoms with E-state index >= 15 is 0 Å². The summed E-state index contributed by atoms with van der Waals surface area (Å²) in [4.78, 5) is 0. The summed E-state index contributed by atoms with van der Waals surface area (Å²) in [5.41, 5.74) is 9.43. The molecule has 26 heavy (non-hydrogen) atoms. The van der Waals surface area contributed by atoms with E-state index in [1.165, 1.54) is 16.7 Å². The Labute approximate surface area is 158 Å². The van der Waals surface area contributed by atoms with Gasteiger partial charge in [0.15, 0.2) is 5.16 Å². The number of aromatic nitrogens is 3. The minimum atomic E-state index is 0.562. The van der Waals surface area contributed by atoms with Crippen molar-refractivity contribution in [2.24, 2.45) is 5.73 Å². The smallest absolute Gasteiger partial charge is 0.191 e. The molecule has 136 valence electrons. The van der Waals surface area contributed by atoms with Crippen molar-refractivity contribution in [3.8, 4) is 5.75 Å². The molecule has 0 aliphatic heterocycles. The molecule has 0 atom stereocenters. The number of rotatable bonds is 8. The highest BCUT2D eigenvalue weighted by atomic mass is 32.2. The van der Waals surface area contributed by atoms with E-state index in [4.69, 9.17) is 10.5 Å². The molecular weight excluding hydrogens is 344 g/mol. The molecule has 0 bridgehead atoms. The van der Waals surface area contributed by atoms with Crippen LogP contribution in [-0.2, 0) is 18.7 Å². The van der Waals surface area contributed by atoms with Crippen LogP contribution in [-0.4, -0.2) is 28.4 Å². The summed E-state index contributed by atoms with van der Waals surface area (Å²) in [6.45, 7) is 3.41. The van der Waals surface area contributed by atoms with Crippen LogP contribution in [0.5, 0.6) is 5.75 Å². The zero-order chi connectivity index (χ0) is 18.4. The standard InChI is InChI=1S/C20H24N4OS/c1-15-6-8-16(9-7-15)13-24-19(10-11-21)22-23-20(24)26-14-17-4-3-5-18(12-17)25-2/h3-9,12H,10-11,13-14,21H2,1-2H3. The van der Waals surface area contributed by atoms with Crippen molar-refractivity contribution < 1.29 is 4.74 Å². The van der Waals surface area contributed by atoms with Gasteiger partial charge in [-0.25, -0.2) is 0 Å². The Kier molecular flexibility index (Phi) is 6.30. The third kappa shape index (κ3) is 4.65. The molecule has 5 nitrogen and oxygen atoms in total. The maximum absolute atomic E-state index is 5.75. The lowest BCUT2D eigenvalue weighted by atomic mass is 10.1. The number of aryl methyl sites for hydroxylation is 1. The monoisotopic (exact) mass is 368 g/mol. The molecular formula is C20H24N4OS. The lowest BCUT2D eigenvalue weighted by molar-refractivity contribution is 0.414. The Balaban J connectivity index is 1.78. The summed E-state index contributed by atoms with van der Waals surface area (Å²) in [7, 11) is 1.68. The van der Waals surface area contributed by atoms with Crippen molar-refractivity contribution in [1.29, 1.82) is 0 Å². The van der Waals surface area contributed by atoms with Crippen molar-refractivity contribution in [2.45, 2.75) is 30.8 Å². The van der Waals surface area contributed by atoms with Gasteiger partial charge in [0.05, 0.1) is 13.7 Å². The molecule has 0 unspecified atom stereocenters. The van der Waals surface area contributed by atoms with Gasteiger partial charge in [-0.15, -0.1) is 10.2 Å². The van der Waals surface area contributed by atoms with Gasteiger partial charge in [-0.3, -0.25) is 0 Å². The zero-order valence-corrected chi connectivity index (χ0v) is 16.0. The molecule has 1 heterocycles. The van der Waals surface area contributed by atoms with Crippen LogP contribution < -0.4 is 10.5 Å². The molecule has 0 radical (unpaired) electrons. The second-order valence-corrected chi connectivity index (χ2v) is 7.09. The van der Waals surface area contributed by atoms with Crippen LogP contribution in [0.1, 0.15) is 22.5 Å². The fourth-order valence-electron chi connectivity index (χ4n) is 2.68. The molecule has 0 saturated heterocycles. The number of methoxy groups -OCH3 is 1. The Morgan fingerprint density at radius 1 is 1.08 bits per heavy atom. The highest BCUT2D eigenvalue weighted by Gasteiger charge is 2.13. The van der Waals surface area contributed by atoms with E-state index in [1.807, 2.05) is 12.1 Å². The van der Waals surface area contributed by atoms with Crippen molar-refractivity contribution in [3.63, 3.8) is 0 Å². The molecule has 2 aromatic carbocycles. The van der Waals surface area contributed by atoms with Crippen LogP contribution in [0.25, 0.3) is 0 Å². The fraction of sp³-hybridized carbons (Fsp3) is 0.300. The Hall–Kier alpha value is -2.31. The molecule has 1 aromatic heterocycles. The van der Waals surface area contributed by atoms with E-state index in [1.54, 1.807) is 18.9 Å². The molecule has 0 spiro atoms. The predicted octanol–water partition coefficient (Wildman–Crippen LogP) is 3.44. The molecule has 0 fully saturated rings. The number of nitrogens with two attached hydrogens (primary N) is 1.